The molecule has 0 aromatic heterocycles. The number of carbonyl (C=O) groups is 1. The van der Waals surface area contributed by atoms with E-state index in [-0.39, 0.29) is 0 Å². The standard InChI is InChI=1S/C20H20F2N2O/c1-14(20(25)23-19-17(21)8-5-9-18(19)22)24-12-10-16(11-13-24)15-6-3-2-4-7-15/h2-10,14H,11-13H2,1H3,(H,23,25)/t14-/m1/s1. The number of halogens is 2. The van der Waals surface area contributed by atoms with Crippen LogP contribution in [0.4, 0.5) is 14.5 Å². The SMILES string of the molecule is C[C@H](C(=O)Nc1c(F)cccc1F)N1CC=C(c2ccccc2)CC1. The molecule has 1 atom stereocenters. The second-order valence-electron chi connectivity index (χ2n) is 6.10. The first-order valence-electron chi connectivity index (χ1n) is 8.29. The number of hydrogen-bond donors (Lipinski definition) is 1. The van der Waals surface area contributed by atoms with Crippen LogP contribution in [0.25, 0.3) is 5.57 Å². The van der Waals surface area contributed by atoms with E-state index in [4.69, 9.17) is 0 Å². The second kappa shape index (κ2) is 7.57. The Morgan fingerprint density at radius 1 is 1.08 bits per heavy atom. The monoisotopic (exact) mass is 342 g/mol. The molecule has 2 aromatic rings. The Labute approximate surface area is 146 Å². The summed E-state index contributed by atoms with van der Waals surface area (Å²) < 4.78 is 27.4. The lowest BCUT2D eigenvalue weighted by Gasteiger charge is -2.31. The zero-order chi connectivity index (χ0) is 17.8. The van der Waals surface area contributed by atoms with E-state index in [0.717, 1.165) is 25.1 Å². The van der Waals surface area contributed by atoms with Crippen molar-refractivity contribution in [3.8, 4) is 0 Å². The van der Waals surface area contributed by atoms with Gasteiger partial charge in [-0.25, -0.2) is 8.78 Å². The van der Waals surface area contributed by atoms with Gasteiger partial charge in [-0.3, -0.25) is 9.69 Å². The van der Waals surface area contributed by atoms with Crippen LogP contribution in [0.1, 0.15) is 18.9 Å². The van der Waals surface area contributed by atoms with Gasteiger partial charge in [0.2, 0.25) is 5.91 Å². The largest absolute Gasteiger partial charge is 0.320 e. The molecule has 0 fully saturated rings. The zero-order valence-electron chi connectivity index (χ0n) is 14.0. The maximum Gasteiger partial charge on any atom is 0.241 e. The van der Waals surface area contributed by atoms with Gasteiger partial charge in [0, 0.05) is 13.1 Å². The van der Waals surface area contributed by atoms with Crippen molar-refractivity contribution < 1.29 is 13.6 Å². The van der Waals surface area contributed by atoms with Crippen molar-refractivity contribution in [1.82, 2.24) is 4.90 Å². The number of benzene rings is 2. The Morgan fingerprint density at radius 3 is 2.36 bits per heavy atom. The maximum absolute atomic E-state index is 13.7. The van der Waals surface area contributed by atoms with E-state index in [1.807, 2.05) is 23.1 Å². The van der Waals surface area contributed by atoms with Gasteiger partial charge in [0.1, 0.15) is 17.3 Å². The summed E-state index contributed by atoms with van der Waals surface area (Å²) >= 11 is 0. The van der Waals surface area contributed by atoms with E-state index in [0.29, 0.717) is 6.54 Å². The minimum absolute atomic E-state index is 0.392. The number of nitrogens with one attached hydrogen (secondary N) is 1. The first kappa shape index (κ1) is 17.3. The summed E-state index contributed by atoms with van der Waals surface area (Å²) in [5, 5.41) is 2.37. The molecule has 0 unspecified atom stereocenters. The van der Waals surface area contributed by atoms with Crippen LogP contribution in [0.2, 0.25) is 0 Å². The van der Waals surface area contributed by atoms with Crippen LogP contribution in [0.3, 0.4) is 0 Å². The van der Waals surface area contributed by atoms with Crippen LogP contribution < -0.4 is 5.32 Å². The summed E-state index contributed by atoms with van der Waals surface area (Å²) in [6, 6.07) is 13.2. The number of para-hydroxylation sites is 1. The van der Waals surface area contributed by atoms with Crippen molar-refractivity contribution in [3.63, 3.8) is 0 Å². The molecule has 0 aliphatic carbocycles. The second-order valence-corrected chi connectivity index (χ2v) is 6.10. The normalized spacial score (nSPS) is 16.2. The minimum atomic E-state index is -0.773. The highest BCUT2D eigenvalue weighted by atomic mass is 19.1. The van der Waals surface area contributed by atoms with Crippen LogP contribution in [0, 0.1) is 11.6 Å². The van der Waals surface area contributed by atoms with Crippen molar-refractivity contribution in [2.75, 3.05) is 18.4 Å². The minimum Gasteiger partial charge on any atom is -0.320 e. The highest BCUT2D eigenvalue weighted by molar-refractivity contribution is 5.94. The fourth-order valence-electron chi connectivity index (χ4n) is 2.96. The van der Waals surface area contributed by atoms with E-state index in [9.17, 15) is 13.6 Å². The molecule has 1 aliphatic heterocycles. The molecular formula is C20H20F2N2O. The van der Waals surface area contributed by atoms with E-state index in [2.05, 4.69) is 23.5 Å². The highest BCUT2D eigenvalue weighted by Gasteiger charge is 2.24. The molecule has 130 valence electrons. The molecule has 5 heteroatoms. The number of hydrogen-bond acceptors (Lipinski definition) is 2. The lowest BCUT2D eigenvalue weighted by atomic mass is 9.99. The third-order valence-electron chi connectivity index (χ3n) is 4.52. The first-order chi connectivity index (χ1) is 12.1. The zero-order valence-corrected chi connectivity index (χ0v) is 14.0. The van der Waals surface area contributed by atoms with Crippen molar-refractivity contribution in [1.29, 1.82) is 0 Å². The van der Waals surface area contributed by atoms with Crippen molar-refractivity contribution in [2.45, 2.75) is 19.4 Å². The smallest absolute Gasteiger partial charge is 0.241 e. The topological polar surface area (TPSA) is 32.3 Å². The fraction of sp³-hybridized carbons (Fsp3) is 0.250. The molecule has 3 rings (SSSR count). The maximum atomic E-state index is 13.7. The Bertz CT molecular complexity index is 769. The van der Waals surface area contributed by atoms with Crippen LogP contribution in [-0.4, -0.2) is 29.9 Å². The Morgan fingerprint density at radius 2 is 1.76 bits per heavy atom. The number of carbonyl (C=O) groups excluding carboxylic acids is 1. The fourth-order valence-corrected chi connectivity index (χ4v) is 2.96. The first-order valence-corrected chi connectivity index (χ1v) is 8.29. The molecular weight excluding hydrogens is 322 g/mol. The van der Waals surface area contributed by atoms with Crippen LogP contribution in [0.5, 0.6) is 0 Å². The predicted molar refractivity (Wildman–Crippen MR) is 95.1 cm³/mol. The summed E-state index contributed by atoms with van der Waals surface area (Å²) in [4.78, 5) is 14.3. The van der Waals surface area contributed by atoms with Gasteiger partial charge < -0.3 is 5.32 Å². The third-order valence-corrected chi connectivity index (χ3v) is 4.52. The Balaban J connectivity index is 1.65. The molecule has 0 bridgehead atoms. The summed E-state index contributed by atoms with van der Waals surface area (Å²) in [5.74, 6) is -1.96. The van der Waals surface area contributed by atoms with Crippen LogP contribution in [0.15, 0.2) is 54.6 Å². The van der Waals surface area contributed by atoms with E-state index in [1.54, 1.807) is 6.92 Å². The molecule has 0 saturated heterocycles. The summed E-state index contributed by atoms with van der Waals surface area (Å²) in [6.07, 6.45) is 2.93. The lowest BCUT2D eigenvalue weighted by Crippen LogP contribution is -2.44. The predicted octanol–water partition coefficient (Wildman–Crippen LogP) is 4.08. The van der Waals surface area contributed by atoms with Gasteiger partial charge in [0.25, 0.3) is 0 Å². The quantitative estimate of drug-likeness (QED) is 0.908. The summed E-state index contributed by atoms with van der Waals surface area (Å²) in [6.45, 7) is 3.09. The van der Waals surface area contributed by atoms with Gasteiger partial charge in [0.05, 0.1) is 6.04 Å². The van der Waals surface area contributed by atoms with E-state index >= 15 is 0 Å². The summed E-state index contributed by atoms with van der Waals surface area (Å²) in [5.41, 5.74) is 2.05. The molecule has 1 N–H and O–H groups in total. The van der Waals surface area contributed by atoms with Crippen molar-refractivity contribution in [2.24, 2.45) is 0 Å². The van der Waals surface area contributed by atoms with Gasteiger partial charge in [0.15, 0.2) is 0 Å². The molecule has 1 aliphatic rings. The highest BCUT2D eigenvalue weighted by Crippen LogP contribution is 2.24. The Hall–Kier alpha value is -2.53. The average Bonchev–Trinajstić information content (AvgIpc) is 2.65. The molecule has 2 aromatic carbocycles. The van der Waals surface area contributed by atoms with Gasteiger partial charge in [-0.2, -0.15) is 0 Å². The van der Waals surface area contributed by atoms with E-state index in [1.165, 1.54) is 17.2 Å². The van der Waals surface area contributed by atoms with Gasteiger partial charge >= 0.3 is 0 Å². The molecule has 0 spiro atoms. The molecule has 25 heavy (non-hydrogen) atoms. The number of nitrogens with zero attached hydrogens (tertiary/aromatic N) is 1. The Kier molecular flexibility index (Phi) is 5.24. The molecule has 1 amide bonds. The number of rotatable bonds is 4. The van der Waals surface area contributed by atoms with Gasteiger partial charge in [-0.05, 0) is 36.6 Å². The third kappa shape index (κ3) is 3.94. The molecule has 0 radical (unpaired) electrons. The van der Waals surface area contributed by atoms with Crippen LogP contribution in [-0.2, 0) is 4.79 Å². The lowest BCUT2D eigenvalue weighted by molar-refractivity contribution is -0.120. The number of anilines is 1. The van der Waals surface area contributed by atoms with Crippen molar-refractivity contribution >= 4 is 17.2 Å². The van der Waals surface area contributed by atoms with Crippen molar-refractivity contribution in [3.05, 3.63) is 71.8 Å². The number of amides is 1. The molecule has 1 heterocycles. The summed E-state index contributed by atoms with van der Waals surface area (Å²) in [7, 11) is 0. The van der Waals surface area contributed by atoms with Gasteiger partial charge in [-0.1, -0.05) is 42.5 Å². The average molecular weight is 342 g/mol. The molecule has 3 nitrogen and oxygen atoms in total. The molecule has 0 saturated carbocycles. The van der Waals surface area contributed by atoms with E-state index < -0.39 is 29.3 Å². The van der Waals surface area contributed by atoms with Gasteiger partial charge in [-0.15, -0.1) is 0 Å². The van der Waals surface area contributed by atoms with Crippen LogP contribution >= 0.6 is 0 Å².